The molecule has 1 unspecified atom stereocenters. The van der Waals surface area contributed by atoms with E-state index in [2.05, 4.69) is 5.32 Å². The van der Waals surface area contributed by atoms with Gasteiger partial charge in [0.15, 0.2) is 0 Å². The van der Waals surface area contributed by atoms with E-state index in [9.17, 15) is 14.9 Å². The number of carbonyl (C=O) groups is 1. The van der Waals surface area contributed by atoms with Crippen LogP contribution in [0.1, 0.15) is 10.4 Å². The third-order valence-corrected chi connectivity index (χ3v) is 2.30. The summed E-state index contributed by atoms with van der Waals surface area (Å²) < 4.78 is 4.86. The Balaban J connectivity index is 3.00. The fraction of sp³-hybridized carbons (Fsp3) is 0.364. The molecule has 0 saturated carbocycles. The zero-order valence-electron chi connectivity index (χ0n) is 9.83. The summed E-state index contributed by atoms with van der Waals surface area (Å²) in [6.07, 6.45) is 0.537. The maximum Gasteiger partial charge on any atom is 0.293 e. The molecule has 0 spiro atoms. The number of nitro groups is 1. The minimum absolute atomic E-state index is 0.211. The second kappa shape index (κ2) is 6.67. The Bertz CT molecular complexity index is 435. The summed E-state index contributed by atoms with van der Waals surface area (Å²) in [6.45, 7) is -0.0104. The van der Waals surface area contributed by atoms with Gasteiger partial charge < -0.3 is 15.2 Å². The number of anilines is 1. The van der Waals surface area contributed by atoms with E-state index in [1.165, 1.54) is 25.3 Å². The third-order valence-electron chi connectivity index (χ3n) is 2.30. The van der Waals surface area contributed by atoms with E-state index in [0.717, 1.165) is 0 Å². The van der Waals surface area contributed by atoms with E-state index < -0.39 is 11.0 Å². The van der Waals surface area contributed by atoms with Gasteiger partial charge in [0.1, 0.15) is 12.0 Å². The molecule has 0 aliphatic rings. The molecular formula is C11H14N2O5. The van der Waals surface area contributed by atoms with Gasteiger partial charge in [-0.25, -0.2) is 0 Å². The molecule has 7 nitrogen and oxygen atoms in total. The van der Waals surface area contributed by atoms with E-state index in [1.807, 2.05) is 0 Å². The lowest BCUT2D eigenvalue weighted by Crippen LogP contribution is -2.29. The normalized spacial score (nSPS) is 11.9. The topological polar surface area (TPSA) is 102 Å². The number of aldehydes is 1. The Morgan fingerprint density at radius 3 is 2.83 bits per heavy atom. The number of hydrogen-bond acceptors (Lipinski definition) is 6. The summed E-state index contributed by atoms with van der Waals surface area (Å²) in [5.74, 6) is 0. The Hall–Kier alpha value is -1.99. The number of ether oxygens (including phenoxy) is 1. The first-order chi connectivity index (χ1) is 8.62. The zero-order valence-corrected chi connectivity index (χ0v) is 9.83. The zero-order chi connectivity index (χ0) is 13.5. The molecule has 18 heavy (non-hydrogen) atoms. The highest BCUT2D eigenvalue weighted by Crippen LogP contribution is 2.25. The molecular weight excluding hydrogens is 240 g/mol. The monoisotopic (exact) mass is 254 g/mol. The minimum Gasteiger partial charge on any atom is -0.394 e. The van der Waals surface area contributed by atoms with E-state index in [0.29, 0.717) is 6.29 Å². The summed E-state index contributed by atoms with van der Waals surface area (Å²) in [5, 5.41) is 22.8. The van der Waals surface area contributed by atoms with Gasteiger partial charge >= 0.3 is 0 Å². The third kappa shape index (κ3) is 3.51. The van der Waals surface area contributed by atoms with Crippen molar-refractivity contribution in [2.75, 3.05) is 25.6 Å². The van der Waals surface area contributed by atoms with Crippen molar-refractivity contribution in [3.8, 4) is 0 Å². The van der Waals surface area contributed by atoms with Crippen molar-refractivity contribution >= 4 is 17.7 Å². The summed E-state index contributed by atoms with van der Waals surface area (Å²) in [7, 11) is 1.47. The van der Waals surface area contributed by atoms with Gasteiger partial charge in [-0.05, 0) is 12.1 Å². The Morgan fingerprint density at radius 1 is 1.61 bits per heavy atom. The second-order valence-corrected chi connectivity index (χ2v) is 3.63. The number of carbonyl (C=O) groups excluding carboxylic acids is 1. The highest BCUT2D eigenvalue weighted by Gasteiger charge is 2.17. The number of nitrogens with one attached hydrogen (secondary N) is 1. The van der Waals surface area contributed by atoms with Crippen LogP contribution in [0.3, 0.4) is 0 Å². The molecule has 0 aliphatic carbocycles. The number of aliphatic hydroxyl groups excluding tert-OH is 1. The Kier molecular flexibility index (Phi) is 5.22. The molecule has 1 aromatic rings. The van der Waals surface area contributed by atoms with E-state index in [1.54, 1.807) is 0 Å². The molecule has 0 aliphatic heterocycles. The molecule has 1 atom stereocenters. The number of nitro benzene ring substituents is 1. The molecule has 0 bridgehead atoms. The summed E-state index contributed by atoms with van der Waals surface area (Å²) in [4.78, 5) is 20.9. The van der Waals surface area contributed by atoms with Crippen LogP contribution in [-0.2, 0) is 4.74 Å². The van der Waals surface area contributed by atoms with Crippen LogP contribution < -0.4 is 5.32 Å². The van der Waals surface area contributed by atoms with E-state index in [4.69, 9.17) is 9.84 Å². The van der Waals surface area contributed by atoms with Crippen molar-refractivity contribution in [2.24, 2.45) is 0 Å². The lowest BCUT2D eigenvalue weighted by Gasteiger charge is -2.16. The van der Waals surface area contributed by atoms with Crippen LogP contribution in [-0.4, -0.2) is 42.7 Å². The van der Waals surface area contributed by atoms with E-state index >= 15 is 0 Å². The van der Waals surface area contributed by atoms with Crippen LogP contribution in [0.5, 0.6) is 0 Å². The van der Waals surface area contributed by atoms with Crippen molar-refractivity contribution in [2.45, 2.75) is 6.04 Å². The quantitative estimate of drug-likeness (QED) is 0.424. The molecule has 0 fully saturated rings. The number of nitrogens with zero attached hydrogens (tertiary/aromatic N) is 1. The standard InChI is InChI=1S/C11H14N2O5/c1-18-7-9(6-15)12-10-3-2-8(5-14)4-11(10)13(16)17/h2-5,9,12,15H,6-7H2,1H3. The van der Waals surface area contributed by atoms with Crippen molar-refractivity contribution in [3.63, 3.8) is 0 Å². The first-order valence-corrected chi connectivity index (χ1v) is 5.22. The average Bonchev–Trinajstić information content (AvgIpc) is 2.38. The highest BCUT2D eigenvalue weighted by molar-refractivity contribution is 5.79. The molecule has 0 aromatic heterocycles. The van der Waals surface area contributed by atoms with Crippen LogP contribution in [0.4, 0.5) is 11.4 Å². The number of aliphatic hydroxyl groups is 1. The first-order valence-electron chi connectivity index (χ1n) is 5.22. The molecule has 0 radical (unpaired) electrons. The lowest BCUT2D eigenvalue weighted by atomic mass is 10.1. The Morgan fingerprint density at radius 2 is 2.33 bits per heavy atom. The first kappa shape index (κ1) is 14.1. The number of hydrogen-bond donors (Lipinski definition) is 2. The van der Waals surface area contributed by atoms with Gasteiger partial charge in [0.2, 0.25) is 0 Å². The molecule has 1 aromatic carbocycles. The number of methoxy groups -OCH3 is 1. The van der Waals surface area contributed by atoms with Crippen molar-refractivity contribution in [3.05, 3.63) is 33.9 Å². The Labute approximate surface area is 104 Å². The smallest absolute Gasteiger partial charge is 0.293 e. The van der Waals surface area contributed by atoms with Crippen molar-refractivity contribution in [1.82, 2.24) is 0 Å². The van der Waals surface area contributed by atoms with Crippen LogP contribution in [0, 0.1) is 10.1 Å². The fourth-order valence-corrected chi connectivity index (χ4v) is 1.46. The van der Waals surface area contributed by atoms with E-state index in [-0.39, 0.29) is 30.2 Å². The summed E-state index contributed by atoms with van der Waals surface area (Å²) in [5.41, 5.74) is 0.246. The predicted octanol–water partition coefficient (Wildman–Crippen LogP) is 0.826. The maximum atomic E-state index is 10.9. The predicted molar refractivity (Wildman–Crippen MR) is 64.9 cm³/mol. The van der Waals surface area contributed by atoms with Gasteiger partial charge in [-0.3, -0.25) is 14.9 Å². The molecule has 0 amide bonds. The van der Waals surface area contributed by atoms with Gasteiger partial charge in [-0.15, -0.1) is 0 Å². The molecule has 7 heteroatoms. The SMILES string of the molecule is COCC(CO)Nc1ccc(C=O)cc1[N+](=O)[O-]. The number of rotatable bonds is 7. The van der Waals surface area contributed by atoms with Crippen molar-refractivity contribution in [1.29, 1.82) is 0 Å². The molecule has 2 N–H and O–H groups in total. The van der Waals surface area contributed by atoms with Gasteiger partial charge in [-0.2, -0.15) is 0 Å². The largest absolute Gasteiger partial charge is 0.394 e. The van der Waals surface area contributed by atoms with Gasteiger partial charge in [0.25, 0.3) is 5.69 Å². The summed E-state index contributed by atoms with van der Waals surface area (Å²) in [6, 6.07) is 3.62. The number of benzene rings is 1. The molecule has 0 saturated heterocycles. The van der Waals surface area contributed by atoms with Gasteiger partial charge in [0.05, 0.1) is 24.2 Å². The van der Waals surface area contributed by atoms with Crippen LogP contribution in [0.25, 0.3) is 0 Å². The molecule has 0 heterocycles. The van der Waals surface area contributed by atoms with Crippen molar-refractivity contribution < 1.29 is 19.6 Å². The van der Waals surface area contributed by atoms with Crippen LogP contribution >= 0.6 is 0 Å². The minimum atomic E-state index is -0.587. The molecule has 98 valence electrons. The van der Waals surface area contributed by atoms with Crippen LogP contribution in [0.15, 0.2) is 18.2 Å². The average molecular weight is 254 g/mol. The van der Waals surface area contributed by atoms with Crippen LogP contribution in [0.2, 0.25) is 0 Å². The molecule has 1 rings (SSSR count). The fourth-order valence-electron chi connectivity index (χ4n) is 1.46. The van der Waals surface area contributed by atoms with Gasteiger partial charge in [-0.1, -0.05) is 0 Å². The lowest BCUT2D eigenvalue weighted by molar-refractivity contribution is -0.384. The van der Waals surface area contributed by atoms with Gasteiger partial charge in [0, 0.05) is 18.7 Å². The second-order valence-electron chi connectivity index (χ2n) is 3.63. The maximum absolute atomic E-state index is 10.9. The summed E-state index contributed by atoms with van der Waals surface area (Å²) >= 11 is 0. The highest BCUT2D eigenvalue weighted by atomic mass is 16.6.